The van der Waals surface area contributed by atoms with Gasteiger partial charge < -0.3 is 35.0 Å². The fraction of sp³-hybridized carbons (Fsp3) is 0.500. The molecule has 0 aromatic heterocycles. The number of hydrogen-bond donors (Lipinski definition) is 2. The largest absolute Gasteiger partial charge is 0.471 e. The number of carbonyl (C=O) groups excluding carboxylic acids is 1. The van der Waals surface area contributed by atoms with Gasteiger partial charge in [-0.1, -0.05) is 47.5 Å². The Morgan fingerprint density at radius 3 is 2.39 bits per heavy atom. The highest BCUT2D eigenvalue weighted by molar-refractivity contribution is 7.99. The predicted octanol–water partition coefficient (Wildman–Crippen LogP) is 10.8. The maximum Gasteiger partial charge on any atom is 0.471 e. The summed E-state index contributed by atoms with van der Waals surface area (Å²) >= 11 is 7.29. The van der Waals surface area contributed by atoms with Gasteiger partial charge in [0.1, 0.15) is 0 Å². The van der Waals surface area contributed by atoms with E-state index in [2.05, 4.69) is 58.8 Å². The van der Waals surface area contributed by atoms with Gasteiger partial charge in [0.15, 0.2) is 23.6 Å². The van der Waals surface area contributed by atoms with Crippen LogP contribution in [0.1, 0.15) is 66.4 Å². The fourth-order valence-electron chi connectivity index (χ4n) is 11.0. The number of hydrogen-bond acceptors (Lipinski definition) is 12. The zero-order chi connectivity index (χ0) is 48.3. The number of thioether (sulfide) groups is 1. The van der Waals surface area contributed by atoms with Crippen molar-refractivity contribution < 1.29 is 31.9 Å². The first-order valence-corrected chi connectivity index (χ1v) is 27.1. The number of allylic oxidation sites excluding steroid dienone is 1. The molecule has 376 valence electrons. The van der Waals surface area contributed by atoms with E-state index in [0.29, 0.717) is 29.0 Å². The molecule has 4 aliphatic heterocycles. The van der Waals surface area contributed by atoms with Crippen molar-refractivity contribution in [1.82, 2.24) is 20.0 Å². The lowest BCUT2D eigenvalue weighted by Gasteiger charge is -2.54. The second-order valence-electron chi connectivity index (χ2n) is 19.7. The van der Waals surface area contributed by atoms with E-state index in [-0.39, 0.29) is 23.1 Å². The van der Waals surface area contributed by atoms with Crippen molar-refractivity contribution >= 4 is 58.1 Å². The number of rotatable bonds is 19. The van der Waals surface area contributed by atoms with Crippen LogP contribution in [0.2, 0.25) is 5.02 Å². The lowest BCUT2D eigenvalue weighted by atomic mass is 9.65. The Morgan fingerprint density at radius 1 is 0.871 bits per heavy atom. The fourth-order valence-corrected chi connectivity index (χ4v) is 12.3. The number of halogens is 4. The van der Waals surface area contributed by atoms with Crippen LogP contribution in [0.4, 0.5) is 24.5 Å². The summed E-state index contributed by atoms with van der Waals surface area (Å²) < 4.78 is 49.9. The lowest BCUT2D eigenvalue weighted by molar-refractivity contribution is -0.106. The molecule has 70 heavy (non-hydrogen) atoms. The monoisotopic (exact) mass is 1020 g/mol. The summed E-state index contributed by atoms with van der Waals surface area (Å²) in [6, 6.07) is 30.9. The van der Waals surface area contributed by atoms with E-state index in [9.17, 15) is 18.0 Å². The Bertz CT molecular complexity index is 2340. The van der Waals surface area contributed by atoms with Crippen LogP contribution in [0.25, 0.3) is 5.57 Å². The predicted molar refractivity (Wildman–Crippen MR) is 278 cm³/mol. The summed E-state index contributed by atoms with van der Waals surface area (Å²) in [5.41, 5.74) is 2.30. The highest BCUT2D eigenvalue weighted by atomic mass is 35.5. The Labute approximate surface area is 425 Å². The van der Waals surface area contributed by atoms with Gasteiger partial charge in [-0.05, 0) is 147 Å². The van der Waals surface area contributed by atoms with Crippen LogP contribution in [-0.2, 0) is 9.07 Å². The Kier molecular flexibility index (Phi) is 17.8. The van der Waals surface area contributed by atoms with Crippen LogP contribution >= 0.6 is 35.4 Å². The second kappa shape index (κ2) is 24.3. The summed E-state index contributed by atoms with van der Waals surface area (Å²) in [6.07, 6.45) is 7.80. The SMILES string of the molecule is O=C(c1ccc(N2CCN(CC3=C(c4ccc(Cl)cc4)CCC4(C3)CN(CC3CCNCC3)C4)CC2)cc1)c1ccc(NC(CCN2CCCOCC2)CSc2ccccc2)c(OOSC(F)(F)F)c1. The van der Waals surface area contributed by atoms with Crippen LogP contribution in [0.3, 0.4) is 0 Å². The first-order chi connectivity index (χ1) is 34.0. The number of anilines is 2. The van der Waals surface area contributed by atoms with Gasteiger partial charge >= 0.3 is 5.51 Å². The van der Waals surface area contributed by atoms with Crippen molar-refractivity contribution in [2.45, 2.75) is 61.4 Å². The standard InChI is InChI=1S/C54H66ClF3N6O4S2/c55-45-12-7-41(8-13-45)49-17-21-53(38-63(39-53)35-40-18-22-59-23-19-40)34-44(49)36-62-26-28-64(29-27-62)47-14-9-42(10-15-47)52(65)43-11-16-50(51(33-43)67-68-70-54(56,57)58)60-46(37-69-48-5-2-1-3-6-48)20-25-61-24-4-31-66-32-30-61/h1-3,5-16,33,40,46,59-60H,4,17-32,34-39H2. The summed E-state index contributed by atoms with van der Waals surface area (Å²) in [7, 11) is 0. The van der Waals surface area contributed by atoms with Crippen LogP contribution in [-0.4, -0.2) is 136 Å². The van der Waals surface area contributed by atoms with Gasteiger partial charge in [0, 0.05) is 117 Å². The molecule has 1 aliphatic carbocycles. The van der Waals surface area contributed by atoms with Gasteiger partial charge in [0.05, 0.1) is 12.3 Å². The van der Waals surface area contributed by atoms with Crippen molar-refractivity contribution in [1.29, 1.82) is 0 Å². The zero-order valence-electron chi connectivity index (χ0n) is 39.9. The molecule has 4 fully saturated rings. The number of piperazine rings is 1. The minimum absolute atomic E-state index is 0.00306. The van der Waals surface area contributed by atoms with Crippen LogP contribution in [0.5, 0.6) is 5.75 Å². The van der Waals surface area contributed by atoms with Gasteiger partial charge in [-0.25, -0.2) is 0 Å². The summed E-state index contributed by atoms with van der Waals surface area (Å²) in [5, 5.41) is 7.81. The van der Waals surface area contributed by atoms with E-state index in [1.54, 1.807) is 29.5 Å². The average Bonchev–Trinajstić information content (AvgIpc) is 3.65. The van der Waals surface area contributed by atoms with Gasteiger partial charge in [-0.3, -0.25) is 9.69 Å². The molecule has 1 unspecified atom stereocenters. The third-order valence-electron chi connectivity index (χ3n) is 14.6. The summed E-state index contributed by atoms with van der Waals surface area (Å²) in [4.78, 5) is 30.5. The number of alkyl halides is 3. The molecule has 4 saturated heterocycles. The number of carbonyl (C=O) groups is 1. The maximum absolute atomic E-state index is 14.0. The van der Waals surface area contributed by atoms with E-state index < -0.39 is 17.6 Å². The number of ketones is 1. The van der Waals surface area contributed by atoms with Crippen LogP contribution < -0.4 is 20.4 Å². The molecule has 1 spiro atoms. The van der Waals surface area contributed by atoms with Crippen molar-refractivity contribution in [2.24, 2.45) is 11.3 Å². The Morgan fingerprint density at radius 2 is 1.63 bits per heavy atom. The molecule has 4 aromatic carbocycles. The molecular weight excluding hydrogens is 953 g/mol. The highest BCUT2D eigenvalue weighted by Crippen LogP contribution is 2.49. The molecule has 4 heterocycles. The number of nitrogens with one attached hydrogen (secondary N) is 2. The smallest absolute Gasteiger partial charge is 0.380 e. The minimum Gasteiger partial charge on any atom is -0.380 e. The molecule has 16 heteroatoms. The van der Waals surface area contributed by atoms with Crippen LogP contribution in [0, 0.1) is 11.3 Å². The van der Waals surface area contributed by atoms with Gasteiger partial charge in [-0.15, -0.1) is 16.1 Å². The molecule has 0 amide bonds. The molecule has 0 radical (unpaired) electrons. The zero-order valence-corrected chi connectivity index (χ0v) is 42.3. The molecule has 0 saturated carbocycles. The molecule has 9 rings (SSSR count). The molecule has 10 nitrogen and oxygen atoms in total. The Hall–Kier alpha value is -3.77. The van der Waals surface area contributed by atoms with E-state index in [0.717, 1.165) is 119 Å². The van der Waals surface area contributed by atoms with Gasteiger partial charge in [-0.2, -0.15) is 13.2 Å². The van der Waals surface area contributed by atoms with Gasteiger partial charge in [0.2, 0.25) is 0 Å². The molecule has 1 atom stereocenters. The first-order valence-electron chi connectivity index (χ1n) is 25.0. The number of nitrogens with zero attached hydrogens (tertiary/aromatic N) is 4. The number of piperidine rings is 1. The molecule has 0 bridgehead atoms. The average molecular weight is 1020 g/mol. The number of ether oxygens (including phenoxy) is 1. The van der Waals surface area contributed by atoms with E-state index in [1.807, 2.05) is 54.6 Å². The Balaban J connectivity index is 0.835. The van der Waals surface area contributed by atoms with Crippen molar-refractivity contribution in [3.8, 4) is 5.75 Å². The first kappa shape index (κ1) is 51.1. The van der Waals surface area contributed by atoms with E-state index in [4.69, 9.17) is 21.2 Å². The number of benzene rings is 4. The minimum atomic E-state index is -4.68. The van der Waals surface area contributed by atoms with E-state index >= 15 is 0 Å². The van der Waals surface area contributed by atoms with Crippen LogP contribution in [0.15, 0.2) is 108 Å². The molecule has 5 aliphatic rings. The lowest BCUT2D eigenvalue weighted by Crippen LogP contribution is -2.59. The molecule has 4 aromatic rings. The highest BCUT2D eigenvalue weighted by Gasteiger charge is 2.46. The van der Waals surface area contributed by atoms with Crippen molar-refractivity contribution in [3.63, 3.8) is 0 Å². The third-order valence-corrected chi connectivity index (χ3v) is 16.4. The third kappa shape index (κ3) is 14.3. The quantitative estimate of drug-likeness (QED) is 0.0309. The maximum atomic E-state index is 14.0. The molecule has 2 N–H and O–H groups in total. The van der Waals surface area contributed by atoms with Gasteiger partial charge in [0.25, 0.3) is 0 Å². The summed E-state index contributed by atoms with van der Waals surface area (Å²) in [6.45, 7) is 14.6. The normalized spacial score (nSPS) is 20.3. The molecular formula is C54H66ClF3N6O4S2. The summed E-state index contributed by atoms with van der Waals surface area (Å²) in [5.74, 6) is 1.23. The van der Waals surface area contributed by atoms with Crippen molar-refractivity contribution in [3.05, 3.63) is 124 Å². The topological polar surface area (TPSA) is 81.8 Å². The van der Waals surface area contributed by atoms with E-state index in [1.165, 1.54) is 56.1 Å². The number of likely N-dealkylation sites (tertiary alicyclic amines) is 1. The second-order valence-corrected chi connectivity index (χ2v) is 22.0. The van der Waals surface area contributed by atoms with Crippen molar-refractivity contribution in [2.75, 3.05) is 114 Å².